The van der Waals surface area contributed by atoms with Gasteiger partial charge in [-0.2, -0.15) is 0 Å². The van der Waals surface area contributed by atoms with Gasteiger partial charge in [0.15, 0.2) is 11.5 Å². The number of fused-ring (bicyclic) bond motifs is 1. The number of aliphatic hydroxyl groups is 2. The largest absolute Gasteiger partial charge is 0.454 e. The minimum atomic E-state index is -0.598. The van der Waals surface area contributed by atoms with E-state index in [0.717, 1.165) is 23.5 Å². The molecule has 0 bridgehead atoms. The fourth-order valence-electron chi connectivity index (χ4n) is 2.04. The molecule has 0 spiro atoms. The maximum absolute atomic E-state index is 9.81. The predicted octanol–water partition coefficient (Wildman–Crippen LogP) is 0.653. The lowest BCUT2D eigenvalue weighted by Crippen LogP contribution is -2.39. The van der Waals surface area contributed by atoms with Crippen molar-refractivity contribution in [1.82, 2.24) is 5.32 Å². The Hall–Kier alpha value is -1.34. The molecule has 1 aromatic carbocycles. The van der Waals surface area contributed by atoms with Gasteiger partial charge in [0.25, 0.3) is 0 Å². The number of rotatable bonds is 9. The van der Waals surface area contributed by atoms with E-state index in [0.29, 0.717) is 13.2 Å². The summed E-state index contributed by atoms with van der Waals surface area (Å²) in [7, 11) is 0. The molecule has 0 saturated heterocycles. The van der Waals surface area contributed by atoms with Crippen LogP contribution < -0.4 is 14.8 Å². The Morgan fingerprint density at radius 1 is 1.33 bits per heavy atom. The predicted molar refractivity (Wildman–Crippen MR) is 77.4 cm³/mol. The zero-order chi connectivity index (χ0) is 15.1. The molecule has 0 amide bonds. The van der Waals surface area contributed by atoms with Crippen LogP contribution in [0.1, 0.15) is 18.9 Å². The topological polar surface area (TPSA) is 80.2 Å². The molecule has 2 unspecified atom stereocenters. The van der Waals surface area contributed by atoms with Crippen molar-refractivity contribution in [2.45, 2.75) is 32.1 Å². The lowest BCUT2D eigenvalue weighted by molar-refractivity contribution is 0.0265. The second-order valence-corrected chi connectivity index (χ2v) is 5.05. The van der Waals surface area contributed by atoms with Crippen LogP contribution >= 0.6 is 0 Å². The van der Waals surface area contributed by atoms with Gasteiger partial charge in [0, 0.05) is 12.6 Å². The summed E-state index contributed by atoms with van der Waals surface area (Å²) >= 11 is 0. The highest BCUT2D eigenvalue weighted by Gasteiger charge is 2.13. The van der Waals surface area contributed by atoms with Crippen LogP contribution in [0.2, 0.25) is 0 Å². The molecule has 118 valence electrons. The molecule has 6 heteroatoms. The normalized spacial score (nSPS) is 16.0. The summed E-state index contributed by atoms with van der Waals surface area (Å²) in [6, 6.07) is 5.67. The number of nitrogens with one attached hydrogen (secondary N) is 1. The van der Waals surface area contributed by atoms with Crippen LogP contribution in [0.15, 0.2) is 18.2 Å². The summed E-state index contributed by atoms with van der Waals surface area (Å²) in [6.07, 6.45) is 0.223. The number of hydrogen-bond acceptors (Lipinski definition) is 6. The van der Waals surface area contributed by atoms with Gasteiger partial charge in [-0.3, -0.25) is 0 Å². The lowest BCUT2D eigenvalue weighted by Gasteiger charge is -2.17. The smallest absolute Gasteiger partial charge is 0.231 e. The first kappa shape index (κ1) is 16.0. The van der Waals surface area contributed by atoms with E-state index < -0.39 is 6.10 Å². The second-order valence-electron chi connectivity index (χ2n) is 5.05. The first-order valence-electron chi connectivity index (χ1n) is 7.21. The highest BCUT2D eigenvalue weighted by Crippen LogP contribution is 2.32. The van der Waals surface area contributed by atoms with Gasteiger partial charge in [0.1, 0.15) is 0 Å². The summed E-state index contributed by atoms with van der Waals surface area (Å²) in [4.78, 5) is 0. The fourth-order valence-corrected chi connectivity index (χ4v) is 2.04. The molecule has 3 N–H and O–H groups in total. The standard InChI is InChI=1S/C15H23NO5/c1-2-12(7-17)16-6-13(18)9-19-8-11-3-4-14-15(5-11)21-10-20-14/h3-5,12-13,16-18H,2,6-10H2,1H3. The van der Waals surface area contributed by atoms with Crippen LogP contribution in [0.25, 0.3) is 0 Å². The summed E-state index contributed by atoms with van der Waals surface area (Å²) in [5, 5.41) is 21.9. The molecule has 1 aliphatic heterocycles. The van der Waals surface area contributed by atoms with Crippen molar-refractivity contribution in [2.75, 3.05) is 26.6 Å². The highest BCUT2D eigenvalue weighted by atomic mass is 16.7. The van der Waals surface area contributed by atoms with Crippen molar-refractivity contribution >= 4 is 0 Å². The van der Waals surface area contributed by atoms with Crippen molar-refractivity contribution in [1.29, 1.82) is 0 Å². The van der Waals surface area contributed by atoms with Crippen molar-refractivity contribution in [3.8, 4) is 11.5 Å². The van der Waals surface area contributed by atoms with E-state index in [-0.39, 0.29) is 26.0 Å². The Labute approximate surface area is 124 Å². The van der Waals surface area contributed by atoms with Gasteiger partial charge in [-0.15, -0.1) is 0 Å². The molecule has 1 aliphatic rings. The summed E-state index contributed by atoms with van der Waals surface area (Å²) < 4.78 is 16.0. The SMILES string of the molecule is CCC(CO)NCC(O)COCc1ccc2c(c1)OCO2. The maximum Gasteiger partial charge on any atom is 0.231 e. The molecule has 1 aromatic rings. The van der Waals surface area contributed by atoms with E-state index in [1.54, 1.807) is 0 Å². The molecule has 2 atom stereocenters. The molecule has 6 nitrogen and oxygen atoms in total. The molecule has 0 aromatic heterocycles. The van der Waals surface area contributed by atoms with Gasteiger partial charge >= 0.3 is 0 Å². The van der Waals surface area contributed by atoms with Gasteiger partial charge in [-0.1, -0.05) is 13.0 Å². The molecule has 21 heavy (non-hydrogen) atoms. The molecule has 1 heterocycles. The molecular weight excluding hydrogens is 274 g/mol. The van der Waals surface area contributed by atoms with E-state index >= 15 is 0 Å². The van der Waals surface area contributed by atoms with E-state index in [2.05, 4.69) is 5.32 Å². The highest BCUT2D eigenvalue weighted by molar-refractivity contribution is 5.44. The monoisotopic (exact) mass is 297 g/mol. The lowest BCUT2D eigenvalue weighted by atomic mass is 10.2. The van der Waals surface area contributed by atoms with Crippen molar-refractivity contribution in [3.63, 3.8) is 0 Å². The van der Waals surface area contributed by atoms with Gasteiger partial charge in [0.05, 0.1) is 25.9 Å². The van der Waals surface area contributed by atoms with Crippen LogP contribution in [0, 0.1) is 0 Å². The number of aliphatic hydroxyl groups excluding tert-OH is 2. The molecule has 0 saturated carbocycles. The first-order valence-corrected chi connectivity index (χ1v) is 7.21. The van der Waals surface area contributed by atoms with Gasteiger partial charge < -0.3 is 29.7 Å². The van der Waals surface area contributed by atoms with Crippen molar-refractivity contribution in [3.05, 3.63) is 23.8 Å². The third kappa shape index (κ3) is 4.86. The second kappa shape index (κ2) is 8.19. The zero-order valence-corrected chi connectivity index (χ0v) is 12.2. The Morgan fingerprint density at radius 2 is 2.14 bits per heavy atom. The van der Waals surface area contributed by atoms with Crippen LogP contribution in [-0.2, 0) is 11.3 Å². The molecular formula is C15H23NO5. The maximum atomic E-state index is 9.81. The van der Waals surface area contributed by atoms with Crippen LogP contribution in [0.5, 0.6) is 11.5 Å². The Kier molecular flexibility index (Phi) is 6.25. The van der Waals surface area contributed by atoms with Gasteiger partial charge in [-0.25, -0.2) is 0 Å². The Morgan fingerprint density at radius 3 is 2.90 bits per heavy atom. The fraction of sp³-hybridized carbons (Fsp3) is 0.600. The Balaban J connectivity index is 1.67. The van der Waals surface area contributed by atoms with Crippen molar-refractivity contribution in [2.24, 2.45) is 0 Å². The number of benzene rings is 1. The number of hydrogen-bond donors (Lipinski definition) is 3. The van der Waals surface area contributed by atoms with Crippen molar-refractivity contribution < 1.29 is 24.4 Å². The summed E-state index contributed by atoms with van der Waals surface area (Å²) in [5.74, 6) is 1.48. The molecule has 0 fully saturated rings. The van der Waals surface area contributed by atoms with E-state index in [1.165, 1.54) is 0 Å². The average Bonchev–Trinajstić information content (AvgIpc) is 2.96. The quantitative estimate of drug-likeness (QED) is 0.621. The van der Waals surface area contributed by atoms with Crippen LogP contribution in [0.4, 0.5) is 0 Å². The zero-order valence-electron chi connectivity index (χ0n) is 12.2. The van der Waals surface area contributed by atoms with E-state index in [1.807, 2.05) is 25.1 Å². The van der Waals surface area contributed by atoms with E-state index in [9.17, 15) is 5.11 Å². The first-order chi connectivity index (χ1) is 10.2. The third-order valence-electron chi connectivity index (χ3n) is 3.37. The molecule has 2 rings (SSSR count). The molecule has 0 radical (unpaired) electrons. The molecule has 0 aliphatic carbocycles. The minimum Gasteiger partial charge on any atom is -0.454 e. The third-order valence-corrected chi connectivity index (χ3v) is 3.37. The van der Waals surface area contributed by atoms with Crippen LogP contribution in [0.3, 0.4) is 0 Å². The van der Waals surface area contributed by atoms with E-state index in [4.69, 9.17) is 19.3 Å². The average molecular weight is 297 g/mol. The van der Waals surface area contributed by atoms with Gasteiger partial charge in [-0.05, 0) is 24.1 Å². The number of ether oxygens (including phenoxy) is 3. The summed E-state index contributed by atoms with van der Waals surface area (Å²) in [6.45, 7) is 3.36. The Bertz CT molecular complexity index is 436. The minimum absolute atomic E-state index is 0.0218. The van der Waals surface area contributed by atoms with Gasteiger partial charge in [0.2, 0.25) is 6.79 Å². The summed E-state index contributed by atoms with van der Waals surface area (Å²) in [5.41, 5.74) is 0.973. The van der Waals surface area contributed by atoms with Crippen LogP contribution in [-0.4, -0.2) is 48.9 Å².